The lowest BCUT2D eigenvalue weighted by Gasteiger charge is -2.19. The summed E-state index contributed by atoms with van der Waals surface area (Å²) in [5, 5.41) is 19.4. The zero-order valence-electron chi connectivity index (χ0n) is 10.8. The van der Waals surface area contributed by atoms with Gasteiger partial charge >= 0.3 is 0 Å². The number of nitrogens with two attached hydrogens (primary N) is 1. The van der Waals surface area contributed by atoms with Crippen LogP contribution in [0.3, 0.4) is 0 Å². The van der Waals surface area contributed by atoms with Gasteiger partial charge in [-0.2, -0.15) is 5.26 Å². The Morgan fingerprint density at radius 1 is 1.58 bits per heavy atom. The quantitative estimate of drug-likeness (QED) is 0.439. The molecular formula is C12H17N5O2. The van der Waals surface area contributed by atoms with Crippen LogP contribution in [0.25, 0.3) is 0 Å². The zero-order chi connectivity index (χ0) is 14.3. The molecule has 0 saturated heterocycles. The third-order valence-electron chi connectivity index (χ3n) is 2.81. The lowest BCUT2D eigenvalue weighted by atomic mass is 10.1. The van der Waals surface area contributed by atoms with Gasteiger partial charge in [-0.1, -0.05) is 13.0 Å². The Bertz CT molecular complexity index is 483. The molecule has 0 radical (unpaired) electrons. The Balaban J connectivity index is 2.84. The first-order chi connectivity index (χ1) is 9.12. The second-order valence-electron chi connectivity index (χ2n) is 4.03. The molecular weight excluding hydrogens is 246 g/mol. The molecule has 102 valence electrons. The number of nitro groups is 1. The molecule has 7 heteroatoms. The van der Waals surface area contributed by atoms with Crippen molar-refractivity contribution in [3.8, 4) is 6.07 Å². The van der Waals surface area contributed by atoms with Crippen molar-refractivity contribution in [1.82, 2.24) is 4.90 Å². The maximum Gasteiger partial charge on any atom is 0.293 e. The number of hydrazine groups is 1. The highest BCUT2D eigenvalue weighted by Gasteiger charge is 2.14. The Morgan fingerprint density at radius 2 is 2.32 bits per heavy atom. The molecule has 1 rings (SSSR count). The lowest BCUT2D eigenvalue weighted by Crippen LogP contribution is -2.24. The van der Waals surface area contributed by atoms with Gasteiger partial charge in [0, 0.05) is 25.6 Å². The van der Waals surface area contributed by atoms with Gasteiger partial charge in [-0.25, -0.2) is 0 Å². The summed E-state index contributed by atoms with van der Waals surface area (Å²) in [5.41, 5.74) is 3.50. The number of nitrogen functional groups attached to an aromatic ring is 1. The van der Waals surface area contributed by atoms with Gasteiger partial charge in [0.1, 0.15) is 5.69 Å². The van der Waals surface area contributed by atoms with Crippen molar-refractivity contribution in [1.29, 1.82) is 5.26 Å². The number of nitrogens with one attached hydrogen (secondary N) is 1. The van der Waals surface area contributed by atoms with Crippen LogP contribution in [-0.2, 0) is 6.54 Å². The number of rotatable bonds is 7. The number of nitrogens with zero attached hydrogens (tertiary/aromatic N) is 3. The average Bonchev–Trinajstić information content (AvgIpc) is 2.42. The topological polar surface area (TPSA) is 108 Å². The van der Waals surface area contributed by atoms with Crippen molar-refractivity contribution in [2.75, 3.05) is 18.5 Å². The molecule has 0 fully saturated rings. The van der Waals surface area contributed by atoms with Gasteiger partial charge < -0.3 is 5.43 Å². The van der Waals surface area contributed by atoms with Crippen molar-refractivity contribution in [2.24, 2.45) is 5.84 Å². The van der Waals surface area contributed by atoms with Crippen LogP contribution >= 0.6 is 0 Å². The molecule has 0 heterocycles. The maximum atomic E-state index is 10.8. The van der Waals surface area contributed by atoms with E-state index in [1.807, 2.05) is 6.92 Å². The minimum Gasteiger partial charge on any atom is -0.318 e. The number of hydrogen-bond acceptors (Lipinski definition) is 6. The van der Waals surface area contributed by atoms with E-state index in [-0.39, 0.29) is 5.69 Å². The van der Waals surface area contributed by atoms with Gasteiger partial charge in [-0.15, -0.1) is 0 Å². The largest absolute Gasteiger partial charge is 0.318 e. The van der Waals surface area contributed by atoms with E-state index in [2.05, 4.69) is 16.4 Å². The summed E-state index contributed by atoms with van der Waals surface area (Å²) in [6.45, 7) is 4.12. The van der Waals surface area contributed by atoms with E-state index in [0.29, 0.717) is 25.2 Å². The lowest BCUT2D eigenvalue weighted by molar-refractivity contribution is -0.384. The van der Waals surface area contributed by atoms with E-state index >= 15 is 0 Å². The molecule has 0 unspecified atom stereocenters. The molecule has 0 aliphatic carbocycles. The molecule has 0 atom stereocenters. The predicted molar refractivity (Wildman–Crippen MR) is 72.1 cm³/mol. The normalized spacial score (nSPS) is 10.2. The second-order valence-corrected chi connectivity index (χ2v) is 4.03. The first-order valence-electron chi connectivity index (χ1n) is 5.95. The molecule has 0 spiro atoms. The van der Waals surface area contributed by atoms with Crippen LogP contribution in [0.2, 0.25) is 0 Å². The fourth-order valence-electron chi connectivity index (χ4n) is 1.77. The van der Waals surface area contributed by atoms with E-state index in [1.165, 1.54) is 6.07 Å². The van der Waals surface area contributed by atoms with E-state index in [1.54, 1.807) is 12.1 Å². The molecule has 0 amide bonds. The summed E-state index contributed by atoms with van der Waals surface area (Å²) in [4.78, 5) is 12.4. The smallest absolute Gasteiger partial charge is 0.293 e. The van der Waals surface area contributed by atoms with Gasteiger partial charge in [-0.3, -0.25) is 20.9 Å². The summed E-state index contributed by atoms with van der Waals surface area (Å²) in [5.74, 6) is 5.29. The number of nitriles is 1. The van der Waals surface area contributed by atoms with E-state index < -0.39 is 4.92 Å². The van der Waals surface area contributed by atoms with Crippen LogP contribution < -0.4 is 11.3 Å². The minimum absolute atomic E-state index is 0.0497. The maximum absolute atomic E-state index is 10.8. The van der Waals surface area contributed by atoms with E-state index in [0.717, 1.165) is 12.1 Å². The van der Waals surface area contributed by atoms with Gasteiger partial charge in [0.15, 0.2) is 0 Å². The molecule has 0 bridgehead atoms. The Morgan fingerprint density at radius 3 is 2.84 bits per heavy atom. The summed E-state index contributed by atoms with van der Waals surface area (Å²) < 4.78 is 0. The van der Waals surface area contributed by atoms with E-state index in [4.69, 9.17) is 11.1 Å². The number of hydrogen-bond donors (Lipinski definition) is 2. The minimum atomic E-state index is -0.480. The first kappa shape index (κ1) is 14.9. The third kappa shape index (κ3) is 4.21. The predicted octanol–water partition coefficient (Wildman–Crippen LogP) is 1.62. The van der Waals surface area contributed by atoms with Crippen LogP contribution in [0.1, 0.15) is 18.9 Å². The molecule has 0 aromatic heterocycles. The zero-order valence-corrected chi connectivity index (χ0v) is 10.8. The molecule has 0 aliphatic rings. The van der Waals surface area contributed by atoms with Crippen molar-refractivity contribution in [3.05, 3.63) is 33.9 Å². The van der Waals surface area contributed by atoms with Gasteiger partial charge in [0.05, 0.1) is 11.0 Å². The highest BCUT2D eigenvalue weighted by atomic mass is 16.6. The van der Waals surface area contributed by atoms with Crippen molar-refractivity contribution in [2.45, 2.75) is 19.9 Å². The molecule has 1 aromatic rings. The summed E-state index contributed by atoms with van der Waals surface area (Å²) in [6, 6.07) is 6.90. The van der Waals surface area contributed by atoms with Crippen LogP contribution in [0, 0.1) is 21.4 Å². The highest BCUT2D eigenvalue weighted by Crippen LogP contribution is 2.25. The molecule has 19 heavy (non-hydrogen) atoms. The van der Waals surface area contributed by atoms with Crippen molar-refractivity contribution in [3.63, 3.8) is 0 Å². The first-order valence-corrected chi connectivity index (χ1v) is 5.95. The van der Waals surface area contributed by atoms with Gasteiger partial charge in [0.2, 0.25) is 0 Å². The van der Waals surface area contributed by atoms with Crippen LogP contribution in [0.15, 0.2) is 18.2 Å². The fraction of sp³-hybridized carbons (Fsp3) is 0.417. The Hall–Kier alpha value is -2.17. The van der Waals surface area contributed by atoms with Crippen LogP contribution in [0.4, 0.5) is 11.4 Å². The van der Waals surface area contributed by atoms with E-state index in [9.17, 15) is 10.1 Å². The molecule has 0 saturated carbocycles. The SMILES string of the molecule is CCN(CCC#N)Cc1ccc([N+](=O)[O-])c(NN)c1. The summed E-state index contributed by atoms with van der Waals surface area (Å²) in [6.07, 6.45) is 0.461. The van der Waals surface area contributed by atoms with Crippen LogP contribution in [-0.4, -0.2) is 22.9 Å². The Labute approximate surface area is 111 Å². The third-order valence-corrected chi connectivity index (χ3v) is 2.81. The number of nitro benzene ring substituents is 1. The molecule has 0 aliphatic heterocycles. The van der Waals surface area contributed by atoms with Gasteiger partial charge in [0.25, 0.3) is 5.69 Å². The number of benzene rings is 1. The van der Waals surface area contributed by atoms with Crippen molar-refractivity contribution >= 4 is 11.4 Å². The second kappa shape index (κ2) is 7.31. The van der Waals surface area contributed by atoms with Crippen molar-refractivity contribution < 1.29 is 4.92 Å². The van der Waals surface area contributed by atoms with Crippen LogP contribution in [0.5, 0.6) is 0 Å². The molecule has 1 aromatic carbocycles. The number of anilines is 1. The van der Waals surface area contributed by atoms with Gasteiger partial charge in [-0.05, 0) is 18.2 Å². The monoisotopic (exact) mass is 263 g/mol. The molecule has 7 nitrogen and oxygen atoms in total. The average molecular weight is 263 g/mol. The fourth-order valence-corrected chi connectivity index (χ4v) is 1.77. The standard InChI is InChI=1S/C12H17N5O2/c1-2-16(7-3-6-13)9-10-4-5-12(17(18)19)11(8-10)15-14/h4-5,8,15H,2-3,7,9,14H2,1H3. The molecule has 3 N–H and O–H groups in total. The Kier molecular flexibility index (Phi) is 5.73. The highest BCUT2D eigenvalue weighted by molar-refractivity contribution is 5.62. The summed E-state index contributed by atoms with van der Waals surface area (Å²) in [7, 11) is 0. The summed E-state index contributed by atoms with van der Waals surface area (Å²) >= 11 is 0.